The van der Waals surface area contributed by atoms with Crippen molar-refractivity contribution < 1.29 is 0 Å². The average molecular weight is 230 g/mol. The zero-order valence-electron chi connectivity index (χ0n) is 10.6. The molecule has 1 aliphatic rings. The molecule has 1 saturated heterocycles. The Morgan fingerprint density at radius 2 is 1.80 bits per heavy atom. The Balaban J connectivity index is 2.21. The predicted octanol–water partition coefficient (Wildman–Crippen LogP) is 2.33. The Labute approximate surface area is 99.0 Å². The Hall–Kier alpha value is 0.270. The third kappa shape index (κ3) is 5.79. The first-order valence-corrected chi connectivity index (χ1v) is 6.98. The molecule has 0 radical (unpaired) electrons. The van der Waals surface area contributed by atoms with Crippen LogP contribution in [0.3, 0.4) is 0 Å². The topological polar surface area (TPSA) is 29.3 Å². The van der Waals surface area contributed by atoms with Crippen LogP contribution in [0.15, 0.2) is 0 Å². The van der Waals surface area contributed by atoms with Crippen molar-refractivity contribution >= 4 is 11.8 Å². The maximum Gasteiger partial charge on any atom is 0.0149 e. The third-order valence-electron chi connectivity index (χ3n) is 2.79. The van der Waals surface area contributed by atoms with Crippen molar-refractivity contribution in [3.8, 4) is 0 Å². The summed E-state index contributed by atoms with van der Waals surface area (Å²) in [6.07, 6.45) is 2.35. The maximum atomic E-state index is 5.98. The van der Waals surface area contributed by atoms with Crippen molar-refractivity contribution in [3.63, 3.8) is 0 Å². The van der Waals surface area contributed by atoms with Crippen LogP contribution >= 0.6 is 11.8 Å². The first kappa shape index (κ1) is 13.3. The molecule has 0 saturated carbocycles. The van der Waals surface area contributed by atoms with Gasteiger partial charge in [-0.05, 0) is 33.2 Å². The van der Waals surface area contributed by atoms with Gasteiger partial charge < -0.3 is 10.6 Å². The van der Waals surface area contributed by atoms with Crippen LogP contribution in [-0.2, 0) is 0 Å². The normalized spacial score (nSPS) is 29.4. The van der Waals surface area contributed by atoms with E-state index in [1.165, 1.54) is 26.1 Å². The highest BCUT2D eigenvalue weighted by Crippen LogP contribution is 2.24. The summed E-state index contributed by atoms with van der Waals surface area (Å²) in [5.74, 6) is 0. The molecule has 15 heavy (non-hydrogen) atoms. The smallest absolute Gasteiger partial charge is 0.0149 e. The quantitative estimate of drug-likeness (QED) is 0.804. The largest absolute Gasteiger partial charge is 0.326 e. The molecule has 1 aliphatic heterocycles. The molecule has 0 aromatic rings. The van der Waals surface area contributed by atoms with Crippen molar-refractivity contribution in [3.05, 3.63) is 0 Å². The molecule has 3 heteroatoms. The minimum atomic E-state index is 0.00175. The molecule has 2 nitrogen and oxygen atoms in total. The van der Waals surface area contributed by atoms with Gasteiger partial charge in [0.25, 0.3) is 0 Å². The first-order valence-electron chi connectivity index (χ1n) is 6.03. The summed E-state index contributed by atoms with van der Waals surface area (Å²) >= 11 is 2.12. The molecule has 0 amide bonds. The van der Waals surface area contributed by atoms with Gasteiger partial charge in [0.15, 0.2) is 0 Å². The average Bonchev–Trinajstić information content (AvgIpc) is 1.99. The maximum absolute atomic E-state index is 5.98. The third-order valence-corrected chi connectivity index (χ3v) is 4.02. The second kappa shape index (κ2) is 5.55. The molecular weight excluding hydrogens is 204 g/mol. The van der Waals surface area contributed by atoms with E-state index in [2.05, 4.69) is 44.4 Å². The molecule has 0 aliphatic carbocycles. The Morgan fingerprint density at radius 1 is 1.27 bits per heavy atom. The summed E-state index contributed by atoms with van der Waals surface area (Å²) in [5, 5.41) is 1.58. The summed E-state index contributed by atoms with van der Waals surface area (Å²) in [5.41, 5.74) is 5.98. The molecule has 2 unspecified atom stereocenters. The summed E-state index contributed by atoms with van der Waals surface area (Å²) in [6.45, 7) is 12.6. The fraction of sp³-hybridized carbons (Fsp3) is 1.00. The molecule has 90 valence electrons. The van der Waals surface area contributed by atoms with Crippen LogP contribution in [0.1, 0.15) is 40.5 Å². The molecule has 0 aromatic heterocycles. The molecule has 0 spiro atoms. The molecule has 1 heterocycles. The van der Waals surface area contributed by atoms with E-state index in [9.17, 15) is 0 Å². The highest BCUT2D eigenvalue weighted by Gasteiger charge is 2.22. The van der Waals surface area contributed by atoms with E-state index in [-0.39, 0.29) is 5.54 Å². The van der Waals surface area contributed by atoms with Crippen LogP contribution < -0.4 is 5.73 Å². The molecule has 0 bridgehead atoms. The van der Waals surface area contributed by atoms with Gasteiger partial charge in [0.2, 0.25) is 0 Å². The fourth-order valence-corrected chi connectivity index (χ4v) is 3.61. The monoisotopic (exact) mass is 230 g/mol. The number of hydrogen-bond acceptors (Lipinski definition) is 3. The predicted molar refractivity (Wildman–Crippen MR) is 70.5 cm³/mol. The minimum absolute atomic E-state index is 0.00175. The van der Waals surface area contributed by atoms with Crippen LogP contribution in [0.25, 0.3) is 0 Å². The number of rotatable bonds is 4. The van der Waals surface area contributed by atoms with E-state index >= 15 is 0 Å². The summed E-state index contributed by atoms with van der Waals surface area (Å²) < 4.78 is 0. The molecule has 1 rings (SSSR count). The summed E-state index contributed by atoms with van der Waals surface area (Å²) in [7, 11) is 0. The second-order valence-electron chi connectivity index (χ2n) is 5.61. The second-order valence-corrected chi connectivity index (χ2v) is 7.49. The van der Waals surface area contributed by atoms with E-state index in [0.29, 0.717) is 0 Å². The van der Waals surface area contributed by atoms with Gasteiger partial charge in [-0.25, -0.2) is 0 Å². The van der Waals surface area contributed by atoms with E-state index in [1.54, 1.807) is 0 Å². The highest BCUT2D eigenvalue weighted by molar-refractivity contribution is 8.00. The lowest BCUT2D eigenvalue weighted by atomic mass is 10.00. The number of nitrogens with zero attached hydrogens (tertiary/aromatic N) is 1. The van der Waals surface area contributed by atoms with Crippen molar-refractivity contribution in [1.82, 2.24) is 4.90 Å². The van der Waals surface area contributed by atoms with Crippen molar-refractivity contribution in [2.45, 2.75) is 56.6 Å². The molecule has 2 atom stereocenters. The number of thioether (sulfide) groups is 1. The summed E-state index contributed by atoms with van der Waals surface area (Å²) in [4.78, 5) is 2.59. The number of nitrogens with two attached hydrogens (primary N) is 1. The lowest BCUT2D eigenvalue weighted by Crippen LogP contribution is -2.41. The first-order chi connectivity index (χ1) is 6.87. The molecule has 0 aromatic carbocycles. The minimum Gasteiger partial charge on any atom is -0.326 e. The molecular formula is C12H26N2S. The lowest BCUT2D eigenvalue weighted by molar-refractivity contribution is 0.256. The van der Waals surface area contributed by atoms with Gasteiger partial charge in [-0.2, -0.15) is 11.8 Å². The van der Waals surface area contributed by atoms with Crippen LogP contribution in [0.5, 0.6) is 0 Å². The summed E-state index contributed by atoms with van der Waals surface area (Å²) in [6, 6.07) is 0. The zero-order valence-corrected chi connectivity index (χ0v) is 11.4. The van der Waals surface area contributed by atoms with Crippen molar-refractivity contribution in [2.24, 2.45) is 5.73 Å². The van der Waals surface area contributed by atoms with E-state index in [1.807, 2.05) is 0 Å². The van der Waals surface area contributed by atoms with Crippen LogP contribution in [-0.4, -0.2) is 40.6 Å². The van der Waals surface area contributed by atoms with Gasteiger partial charge in [0.1, 0.15) is 0 Å². The Bertz CT molecular complexity index is 179. The fourth-order valence-electron chi connectivity index (χ4n) is 2.23. The van der Waals surface area contributed by atoms with E-state index in [0.717, 1.165) is 16.9 Å². The van der Waals surface area contributed by atoms with E-state index in [4.69, 9.17) is 5.73 Å². The highest BCUT2D eigenvalue weighted by atomic mass is 32.2. The standard InChI is InChI=1S/C12H26N2S/c1-10-8-14(9-11(2)15-10)7-5-6-12(3,4)13/h10-11H,5-9,13H2,1-4H3. The SMILES string of the molecule is CC1CN(CCCC(C)(C)N)CC(C)S1. The van der Waals surface area contributed by atoms with Gasteiger partial charge in [-0.3, -0.25) is 0 Å². The molecule has 2 N–H and O–H groups in total. The lowest BCUT2D eigenvalue weighted by Gasteiger charge is -2.35. The van der Waals surface area contributed by atoms with Gasteiger partial charge in [0.05, 0.1) is 0 Å². The van der Waals surface area contributed by atoms with E-state index < -0.39 is 0 Å². The van der Waals surface area contributed by atoms with Gasteiger partial charge in [0, 0.05) is 29.1 Å². The van der Waals surface area contributed by atoms with Crippen molar-refractivity contribution in [2.75, 3.05) is 19.6 Å². The van der Waals surface area contributed by atoms with Gasteiger partial charge >= 0.3 is 0 Å². The van der Waals surface area contributed by atoms with Crippen LogP contribution in [0.4, 0.5) is 0 Å². The number of hydrogen-bond donors (Lipinski definition) is 1. The van der Waals surface area contributed by atoms with Crippen LogP contribution in [0, 0.1) is 0 Å². The Morgan fingerprint density at radius 3 is 2.27 bits per heavy atom. The van der Waals surface area contributed by atoms with Crippen LogP contribution in [0.2, 0.25) is 0 Å². The van der Waals surface area contributed by atoms with Gasteiger partial charge in [-0.15, -0.1) is 0 Å². The van der Waals surface area contributed by atoms with Crippen molar-refractivity contribution in [1.29, 1.82) is 0 Å². The Kier molecular flexibility index (Phi) is 4.94. The van der Waals surface area contributed by atoms with Gasteiger partial charge in [-0.1, -0.05) is 13.8 Å². The molecule has 1 fully saturated rings. The zero-order chi connectivity index (χ0) is 11.5.